The minimum absolute atomic E-state index is 0.0522. The molecule has 2 N–H and O–H groups in total. The molecule has 0 aliphatic carbocycles. The van der Waals surface area contributed by atoms with Crippen molar-refractivity contribution in [2.75, 3.05) is 12.3 Å². The van der Waals surface area contributed by atoms with Gasteiger partial charge < -0.3 is 5.73 Å². The molecule has 2 heterocycles. The predicted molar refractivity (Wildman–Crippen MR) is 103 cm³/mol. The molecular formula is C20H19N5O2. The van der Waals surface area contributed by atoms with E-state index in [9.17, 15) is 9.59 Å². The Morgan fingerprint density at radius 1 is 0.963 bits per heavy atom. The van der Waals surface area contributed by atoms with Crippen molar-refractivity contribution >= 4 is 34.2 Å². The Morgan fingerprint density at radius 3 is 2.48 bits per heavy atom. The Balaban J connectivity index is 1.42. The number of hydrogen-bond acceptors (Lipinski definition) is 5. The first kappa shape index (κ1) is 17.0. The normalized spacial score (nSPS) is 13.8. The molecule has 0 saturated heterocycles. The zero-order valence-corrected chi connectivity index (χ0v) is 14.7. The summed E-state index contributed by atoms with van der Waals surface area (Å²) in [4.78, 5) is 25.0. The molecule has 7 nitrogen and oxygen atoms in total. The minimum Gasteiger partial charge on any atom is -0.382 e. The third kappa shape index (κ3) is 3.31. The van der Waals surface area contributed by atoms with Gasteiger partial charge >= 0.3 is 0 Å². The molecule has 27 heavy (non-hydrogen) atoms. The van der Waals surface area contributed by atoms with E-state index in [1.165, 1.54) is 9.69 Å². The van der Waals surface area contributed by atoms with E-state index in [-0.39, 0.29) is 24.7 Å². The van der Waals surface area contributed by atoms with Crippen LogP contribution in [0.15, 0.2) is 59.7 Å². The van der Waals surface area contributed by atoms with Gasteiger partial charge in [-0.15, -0.1) is 5.10 Å². The van der Waals surface area contributed by atoms with Crippen molar-refractivity contribution in [2.45, 2.75) is 19.3 Å². The van der Waals surface area contributed by atoms with Gasteiger partial charge in [-0.05, 0) is 17.7 Å². The zero-order chi connectivity index (χ0) is 18.8. The van der Waals surface area contributed by atoms with Crippen molar-refractivity contribution in [3.63, 3.8) is 0 Å². The lowest BCUT2D eigenvalue weighted by molar-refractivity contribution is -0.130. The van der Waals surface area contributed by atoms with E-state index in [4.69, 9.17) is 5.73 Å². The van der Waals surface area contributed by atoms with Crippen LogP contribution in [0, 0.1) is 0 Å². The highest BCUT2D eigenvalue weighted by atomic mass is 16.2. The monoisotopic (exact) mass is 361 g/mol. The minimum atomic E-state index is -0.261. The number of fused-ring (bicyclic) bond motifs is 1. The molecule has 2 aromatic carbocycles. The summed E-state index contributed by atoms with van der Waals surface area (Å²) in [7, 11) is 0. The third-order valence-corrected chi connectivity index (χ3v) is 4.60. The number of hydrogen-bond donors (Lipinski definition) is 1. The number of benzene rings is 2. The van der Waals surface area contributed by atoms with Crippen LogP contribution in [-0.4, -0.2) is 38.9 Å². The molecule has 0 bridgehead atoms. The van der Waals surface area contributed by atoms with E-state index in [1.807, 2.05) is 48.5 Å². The molecule has 1 aliphatic heterocycles. The highest BCUT2D eigenvalue weighted by Gasteiger charge is 2.23. The Bertz CT molecular complexity index is 1040. The van der Waals surface area contributed by atoms with Crippen molar-refractivity contribution in [3.8, 4) is 0 Å². The molecule has 136 valence electrons. The summed E-state index contributed by atoms with van der Waals surface area (Å²) < 4.78 is 1.28. The molecule has 0 radical (unpaired) electrons. The number of aromatic nitrogens is 2. The Morgan fingerprint density at radius 2 is 1.67 bits per heavy atom. The lowest BCUT2D eigenvalue weighted by Crippen LogP contribution is -2.25. The smallest absolute Gasteiger partial charge is 0.248 e. The van der Waals surface area contributed by atoms with Gasteiger partial charge in [-0.25, -0.2) is 5.01 Å². The summed E-state index contributed by atoms with van der Waals surface area (Å²) in [6.45, 7) is 0.537. The van der Waals surface area contributed by atoms with Crippen LogP contribution in [0.3, 0.4) is 0 Å². The second-order valence-corrected chi connectivity index (χ2v) is 6.39. The Kier molecular flexibility index (Phi) is 4.42. The largest absolute Gasteiger partial charge is 0.382 e. The molecule has 7 heteroatoms. The maximum absolute atomic E-state index is 12.5. The van der Waals surface area contributed by atoms with Crippen molar-refractivity contribution in [3.05, 3.63) is 60.2 Å². The van der Waals surface area contributed by atoms with Crippen LogP contribution < -0.4 is 5.73 Å². The number of rotatable bonds is 4. The summed E-state index contributed by atoms with van der Waals surface area (Å²) in [6.07, 6.45) is 0.846. The number of amides is 1. The maximum atomic E-state index is 12.5. The first-order valence-electron chi connectivity index (χ1n) is 8.83. The van der Waals surface area contributed by atoms with Crippen LogP contribution in [-0.2, 0) is 4.79 Å². The number of nitrogen functional groups attached to an aromatic ring is 1. The molecule has 0 saturated carbocycles. The van der Waals surface area contributed by atoms with Crippen LogP contribution in [0.2, 0.25) is 0 Å². The topological polar surface area (TPSA) is 93.6 Å². The second kappa shape index (κ2) is 7.03. The van der Waals surface area contributed by atoms with E-state index in [2.05, 4.69) is 10.2 Å². The van der Waals surface area contributed by atoms with Crippen molar-refractivity contribution in [1.82, 2.24) is 14.8 Å². The molecule has 0 spiro atoms. The zero-order valence-electron chi connectivity index (χ0n) is 14.7. The summed E-state index contributed by atoms with van der Waals surface area (Å²) in [5.74, 6) is -0.122. The van der Waals surface area contributed by atoms with Gasteiger partial charge in [0.05, 0.1) is 17.8 Å². The SMILES string of the molecule is Nc1nn(C(=O)CCC(=O)N2CCC(c3ccccc3)=N2)c2ccccc12. The van der Waals surface area contributed by atoms with Gasteiger partial charge in [0.1, 0.15) is 0 Å². The van der Waals surface area contributed by atoms with E-state index in [1.54, 1.807) is 6.07 Å². The number of anilines is 1. The number of carbonyl (C=O) groups is 2. The summed E-state index contributed by atoms with van der Waals surface area (Å²) in [5, 5.41) is 10.7. The number of nitrogens with zero attached hydrogens (tertiary/aromatic N) is 4. The average molecular weight is 361 g/mol. The number of nitrogens with two attached hydrogens (primary N) is 1. The standard InChI is InChI=1S/C20H19N5O2/c21-20-15-8-4-5-9-17(15)25(23-20)19(27)11-10-18(26)24-13-12-16(22-24)14-6-2-1-3-7-14/h1-9H,10-13H2,(H2,21,23). The van der Waals surface area contributed by atoms with Gasteiger partial charge in [0.25, 0.3) is 0 Å². The van der Waals surface area contributed by atoms with Crippen molar-refractivity contribution < 1.29 is 9.59 Å². The molecule has 1 aromatic heterocycles. The molecular weight excluding hydrogens is 342 g/mol. The summed E-state index contributed by atoms with van der Waals surface area (Å²) in [6, 6.07) is 17.1. The van der Waals surface area contributed by atoms with Crippen LogP contribution in [0.4, 0.5) is 5.82 Å². The summed E-state index contributed by atoms with van der Waals surface area (Å²) in [5.41, 5.74) is 8.42. The van der Waals surface area contributed by atoms with E-state index in [0.29, 0.717) is 24.3 Å². The van der Waals surface area contributed by atoms with E-state index < -0.39 is 0 Å². The molecule has 1 aliphatic rings. The van der Waals surface area contributed by atoms with Gasteiger partial charge in [-0.1, -0.05) is 42.5 Å². The van der Waals surface area contributed by atoms with Crippen LogP contribution in [0.25, 0.3) is 10.9 Å². The first-order valence-corrected chi connectivity index (χ1v) is 8.83. The number of hydrazone groups is 1. The first-order chi connectivity index (χ1) is 13.1. The van der Waals surface area contributed by atoms with Crippen LogP contribution >= 0.6 is 0 Å². The van der Waals surface area contributed by atoms with E-state index in [0.717, 1.165) is 16.7 Å². The Labute approximate surface area is 156 Å². The fourth-order valence-electron chi connectivity index (χ4n) is 3.20. The molecule has 0 unspecified atom stereocenters. The fourth-order valence-corrected chi connectivity index (χ4v) is 3.20. The van der Waals surface area contributed by atoms with Crippen molar-refractivity contribution in [2.24, 2.45) is 5.10 Å². The fraction of sp³-hybridized carbons (Fsp3) is 0.200. The number of para-hydroxylation sites is 1. The van der Waals surface area contributed by atoms with E-state index >= 15 is 0 Å². The summed E-state index contributed by atoms with van der Waals surface area (Å²) >= 11 is 0. The lowest BCUT2D eigenvalue weighted by atomic mass is 10.1. The van der Waals surface area contributed by atoms with Gasteiger partial charge in [0, 0.05) is 24.6 Å². The predicted octanol–water partition coefficient (Wildman–Crippen LogP) is 2.68. The molecule has 0 atom stereocenters. The quantitative estimate of drug-likeness (QED) is 0.773. The van der Waals surface area contributed by atoms with Gasteiger partial charge in [-0.2, -0.15) is 9.78 Å². The lowest BCUT2D eigenvalue weighted by Gasteiger charge is -2.10. The average Bonchev–Trinajstić information content (AvgIpc) is 3.32. The van der Waals surface area contributed by atoms with Gasteiger partial charge in [0.15, 0.2) is 5.82 Å². The molecule has 3 aromatic rings. The second-order valence-electron chi connectivity index (χ2n) is 6.39. The maximum Gasteiger partial charge on any atom is 0.248 e. The van der Waals surface area contributed by atoms with Gasteiger partial charge in [-0.3, -0.25) is 9.59 Å². The van der Waals surface area contributed by atoms with Crippen LogP contribution in [0.5, 0.6) is 0 Å². The molecule has 1 amide bonds. The Hall–Kier alpha value is -3.48. The molecule has 4 rings (SSSR count). The number of carbonyl (C=O) groups excluding carboxylic acids is 2. The highest BCUT2D eigenvalue weighted by molar-refractivity contribution is 6.03. The highest BCUT2D eigenvalue weighted by Crippen LogP contribution is 2.21. The van der Waals surface area contributed by atoms with Crippen molar-refractivity contribution in [1.29, 1.82) is 0 Å². The van der Waals surface area contributed by atoms with Gasteiger partial charge in [0.2, 0.25) is 11.8 Å². The molecule has 0 fully saturated rings. The van der Waals surface area contributed by atoms with Crippen LogP contribution in [0.1, 0.15) is 29.6 Å². The third-order valence-electron chi connectivity index (χ3n) is 4.60.